The van der Waals surface area contributed by atoms with Crippen molar-refractivity contribution in [3.63, 3.8) is 0 Å². The van der Waals surface area contributed by atoms with Gasteiger partial charge < -0.3 is 9.97 Å². The summed E-state index contributed by atoms with van der Waals surface area (Å²) < 4.78 is 92.1. The maximum absolute atomic E-state index is 12.1. The molecule has 2 heterocycles. The Kier molecular flexibility index (Phi) is 17.2. The summed E-state index contributed by atoms with van der Waals surface area (Å²) in [6, 6.07) is 6.27. The van der Waals surface area contributed by atoms with E-state index >= 15 is 0 Å². The van der Waals surface area contributed by atoms with Gasteiger partial charge in [-0.2, -0.15) is 30.0 Å². The van der Waals surface area contributed by atoms with Crippen molar-refractivity contribution < 1.29 is 38.7 Å². The fourth-order valence-corrected chi connectivity index (χ4v) is 4.08. The number of H-pyrrole nitrogens is 2. The minimum Gasteiger partial charge on any atom is -0.351 e. The molecule has 0 radical (unpaired) electrons. The molecule has 0 spiro atoms. The molecule has 3 N–H and O–H groups in total. The second-order valence-corrected chi connectivity index (χ2v) is 10.6. The van der Waals surface area contributed by atoms with Crippen molar-refractivity contribution in [2.75, 3.05) is 0 Å². The molecule has 0 fully saturated rings. The molecule has 0 saturated carbocycles. The van der Waals surface area contributed by atoms with Crippen molar-refractivity contribution in [3.05, 3.63) is 67.3 Å². The van der Waals surface area contributed by atoms with E-state index in [9.17, 15) is 30.0 Å². The molecule has 1 unspecified atom stereocenters. The molecule has 0 aliphatic carbocycles. The van der Waals surface area contributed by atoms with Crippen molar-refractivity contribution in [2.24, 2.45) is 0 Å². The second kappa shape index (κ2) is 18.5. The highest BCUT2D eigenvalue weighted by atomic mass is 32.2. The van der Waals surface area contributed by atoms with Crippen LogP contribution in [0.4, 0.5) is 13.2 Å². The molecule has 2 aromatic heterocycles. The Morgan fingerprint density at radius 1 is 0.921 bits per heavy atom. The van der Waals surface area contributed by atoms with Crippen LogP contribution < -0.4 is 0 Å². The van der Waals surface area contributed by atoms with Crippen LogP contribution in [-0.2, 0) is 24.4 Å². The van der Waals surface area contributed by atoms with E-state index in [1.807, 2.05) is 6.92 Å². The van der Waals surface area contributed by atoms with Crippen LogP contribution in [0.25, 0.3) is 0 Å². The third-order valence-electron chi connectivity index (χ3n) is 4.47. The van der Waals surface area contributed by atoms with E-state index in [4.69, 9.17) is 4.55 Å². The quantitative estimate of drug-likeness (QED) is 0.126. The van der Waals surface area contributed by atoms with Crippen LogP contribution in [0.1, 0.15) is 57.9 Å². The number of aromatic amines is 2. The lowest BCUT2D eigenvalue weighted by atomic mass is 10.1. The Labute approximate surface area is 222 Å². The molecule has 1 atom stereocenters. The fourth-order valence-electron chi connectivity index (χ4n) is 2.69. The summed E-state index contributed by atoms with van der Waals surface area (Å²) in [4.78, 5) is 12.8. The van der Waals surface area contributed by atoms with Gasteiger partial charge in [0, 0.05) is 24.8 Å². The smallest absolute Gasteiger partial charge is 0.351 e. The van der Waals surface area contributed by atoms with Crippen LogP contribution in [0.5, 0.6) is 0 Å². The highest BCUT2D eigenvalue weighted by molar-refractivity contribution is 7.87. The van der Waals surface area contributed by atoms with E-state index in [1.165, 1.54) is 6.07 Å². The lowest BCUT2D eigenvalue weighted by molar-refractivity contribution is -0.0579. The molecule has 0 saturated heterocycles. The average molecular weight is 585 g/mol. The van der Waals surface area contributed by atoms with E-state index < -0.39 is 31.8 Å². The number of aromatic nitrogens is 4. The Morgan fingerprint density at radius 3 is 1.79 bits per heavy atom. The molecule has 10 nitrogen and oxygen atoms in total. The first kappa shape index (κ1) is 35.2. The van der Waals surface area contributed by atoms with Gasteiger partial charge in [-0.3, -0.25) is 8.74 Å². The predicted molar refractivity (Wildman–Crippen MR) is 137 cm³/mol. The largest absolute Gasteiger partial charge is 0.523 e. The number of benzene rings is 1. The Balaban J connectivity index is 0.000000545. The highest BCUT2D eigenvalue weighted by Gasteiger charge is 2.48. The van der Waals surface area contributed by atoms with Gasteiger partial charge in [-0.1, -0.05) is 57.7 Å². The molecule has 0 aliphatic rings. The minimum atomic E-state index is -5.46. The van der Waals surface area contributed by atoms with Crippen LogP contribution >= 0.6 is 0 Å². The zero-order chi connectivity index (χ0) is 29.1. The normalized spacial score (nSPS) is 12.1. The Hall–Kier alpha value is -2.75. The predicted octanol–water partition coefficient (Wildman–Crippen LogP) is 5.66. The number of nitrogens with zero attached hydrogens (tertiary/aromatic N) is 2. The van der Waals surface area contributed by atoms with Gasteiger partial charge in [-0.05, 0) is 31.4 Å². The lowest BCUT2D eigenvalue weighted by Gasteiger charge is -2.17. The first-order valence-corrected chi connectivity index (χ1v) is 14.5. The monoisotopic (exact) mass is 584 g/mol. The number of halogens is 3. The van der Waals surface area contributed by atoms with Gasteiger partial charge in [-0.15, -0.1) is 0 Å². The van der Waals surface area contributed by atoms with Gasteiger partial charge in [0.15, 0.2) is 0 Å². The average Bonchev–Trinajstić information content (AvgIpc) is 3.57. The van der Waals surface area contributed by atoms with E-state index in [0.29, 0.717) is 31.2 Å². The van der Waals surface area contributed by atoms with E-state index in [1.54, 1.807) is 69.5 Å². The van der Waals surface area contributed by atoms with Crippen molar-refractivity contribution >= 4 is 20.2 Å². The van der Waals surface area contributed by atoms with Crippen LogP contribution in [0.15, 0.2) is 66.6 Å². The number of nitrogens with one attached hydrogen (secondary N) is 2. The van der Waals surface area contributed by atoms with Crippen molar-refractivity contribution in [1.82, 2.24) is 19.9 Å². The zero-order valence-corrected chi connectivity index (χ0v) is 23.1. The Morgan fingerprint density at radius 2 is 1.47 bits per heavy atom. The summed E-state index contributed by atoms with van der Waals surface area (Å²) in [5.74, 6) is 0. The topological polar surface area (TPSA) is 155 Å². The summed E-state index contributed by atoms with van der Waals surface area (Å²) in [5.41, 5.74) is -4.78. The lowest BCUT2D eigenvalue weighted by Crippen LogP contribution is -2.30. The maximum atomic E-state index is 12.1. The number of aryl methyl sites for hydroxylation is 1. The second-order valence-electron chi connectivity index (χ2n) is 7.66. The minimum absolute atomic E-state index is 0.0278. The van der Waals surface area contributed by atoms with Crippen LogP contribution in [0, 0.1) is 6.92 Å². The van der Waals surface area contributed by atoms with Gasteiger partial charge in [-0.25, -0.2) is 9.97 Å². The molecule has 0 bridgehead atoms. The molecule has 3 aromatic rings. The molecule has 216 valence electrons. The van der Waals surface area contributed by atoms with Crippen LogP contribution in [0.2, 0.25) is 0 Å². The zero-order valence-electron chi connectivity index (χ0n) is 21.4. The molecule has 0 amide bonds. The summed E-state index contributed by atoms with van der Waals surface area (Å²) >= 11 is 0. The fraction of sp³-hybridized carbons (Fsp3) is 0.478. The SMILES string of the molecule is CCCCCC(CCC)OS(=O)(=O)C(F)(F)F.Cc1ccccc1S(=O)(=O)O.c1c[nH]cn1.c1c[nH]cn1. The number of hydrogen-bond acceptors (Lipinski definition) is 7. The van der Waals surface area contributed by atoms with Crippen LogP contribution in [-0.4, -0.2) is 52.9 Å². The van der Waals surface area contributed by atoms with Crippen molar-refractivity contribution in [1.29, 1.82) is 0 Å². The Bertz CT molecular complexity index is 1110. The molecular formula is C23H35F3N4O6S2. The van der Waals surface area contributed by atoms with Crippen LogP contribution in [0.3, 0.4) is 0 Å². The van der Waals surface area contributed by atoms with Gasteiger partial charge >= 0.3 is 15.6 Å². The van der Waals surface area contributed by atoms with E-state index in [-0.39, 0.29) is 4.90 Å². The number of imidazole rings is 2. The number of rotatable bonds is 9. The summed E-state index contributed by atoms with van der Waals surface area (Å²) in [6.07, 6.45) is 13.0. The van der Waals surface area contributed by atoms with Gasteiger partial charge in [0.25, 0.3) is 10.1 Å². The highest BCUT2D eigenvalue weighted by Crippen LogP contribution is 2.27. The number of unbranched alkanes of at least 4 members (excludes halogenated alkanes) is 2. The number of hydrogen-bond donors (Lipinski definition) is 3. The van der Waals surface area contributed by atoms with Crippen molar-refractivity contribution in [2.45, 2.75) is 75.8 Å². The summed E-state index contributed by atoms with van der Waals surface area (Å²) in [6.45, 7) is 5.36. The van der Waals surface area contributed by atoms with E-state index in [2.05, 4.69) is 24.1 Å². The van der Waals surface area contributed by atoms with Gasteiger partial charge in [0.2, 0.25) is 0 Å². The molecule has 3 rings (SSSR count). The number of alkyl halides is 3. The molecule has 38 heavy (non-hydrogen) atoms. The first-order valence-electron chi connectivity index (χ1n) is 11.6. The molecule has 1 aromatic carbocycles. The molecular weight excluding hydrogens is 549 g/mol. The molecule has 0 aliphatic heterocycles. The van der Waals surface area contributed by atoms with Gasteiger partial charge in [0.1, 0.15) is 0 Å². The third kappa shape index (κ3) is 16.2. The maximum Gasteiger partial charge on any atom is 0.523 e. The van der Waals surface area contributed by atoms with Crippen molar-refractivity contribution in [3.8, 4) is 0 Å². The standard InChI is InChI=1S/C10H19F3O3S.C7H8O3S.2C3H4N2/c1-3-5-6-8-9(7-4-2)16-17(14,15)10(11,12)13;1-6-4-2-3-5-7(6)11(8,9)10;2*1-2-5-3-4-1/h9H,3-8H2,1-2H3;2-5H,1H3,(H,8,9,10);2*1-3H,(H,4,5). The summed E-state index contributed by atoms with van der Waals surface area (Å²) in [5, 5.41) is 0. The first-order chi connectivity index (χ1) is 17.8. The summed E-state index contributed by atoms with van der Waals surface area (Å²) in [7, 11) is -9.49. The molecule has 15 heteroatoms. The van der Waals surface area contributed by atoms with E-state index in [0.717, 1.165) is 12.8 Å². The van der Waals surface area contributed by atoms with Gasteiger partial charge in [0.05, 0.1) is 23.7 Å². The third-order valence-corrected chi connectivity index (χ3v) is 6.58.